The molecule has 0 aliphatic rings. The van der Waals surface area contributed by atoms with Crippen LogP contribution in [0.25, 0.3) is 0 Å². The molecule has 0 aliphatic carbocycles. The largest absolute Gasteiger partial charge is 0.462 e. The molecule has 6 heteroatoms. The Labute approximate surface area is 337 Å². The number of hydrogen-bond acceptors (Lipinski definition) is 5. The maximum absolute atomic E-state index is 13.1. The van der Waals surface area contributed by atoms with Gasteiger partial charge in [-0.05, 0) is 51.4 Å². The Morgan fingerprint density at radius 3 is 1.45 bits per heavy atom. The first kappa shape index (κ1) is 51.5. The fourth-order valence-corrected chi connectivity index (χ4v) is 5.83. The van der Waals surface area contributed by atoms with Crippen molar-refractivity contribution in [2.45, 2.75) is 180 Å². The fourth-order valence-electron chi connectivity index (χ4n) is 5.83. The van der Waals surface area contributed by atoms with E-state index in [-0.39, 0.29) is 31.3 Å². The average molecular weight is 762 g/mol. The topological polar surface area (TPSA) is 95.9 Å². The summed E-state index contributed by atoms with van der Waals surface area (Å²) in [5, 5.41) is 23.6. The number of aliphatic hydroxyl groups is 2. The highest BCUT2D eigenvalue weighted by Gasteiger charge is 2.23. The van der Waals surface area contributed by atoms with E-state index in [1.807, 2.05) is 91.1 Å². The summed E-state index contributed by atoms with van der Waals surface area (Å²) in [6.07, 6.45) is 55.9. The van der Waals surface area contributed by atoms with E-state index in [2.05, 4.69) is 44.3 Å². The van der Waals surface area contributed by atoms with E-state index in [4.69, 9.17) is 4.74 Å². The van der Waals surface area contributed by atoms with E-state index in [1.165, 1.54) is 57.8 Å². The number of hydrogen-bond donors (Lipinski definition) is 3. The predicted octanol–water partition coefficient (Wildman–Crippen LogP) is 12.4. The Kier molecular flexibility index (Phi) is 39.0. The lowest BCUT2D eigenvalue weighted by Gasteiger charge is -2.24. The third-order valence-electron chi connectivity index (χ3n) is 9.07. The van der Waals surface area contributed by atoms with Crippen molar-refractivity contribution >= 4 is 11.9 Å². The standard InChI is InChI=1S/C49H79NO5/c1-4-7-10-13-16-19-22-24-27-30-33-36-39-42-49(54)55-45(40-37-34-31-28-25-21-18-15-12-9-6-3)43-48(53)50-46(44-51)47(52)41-38-35-32-29-26-23-20-17-14-11-8-5-2/h7,9-10,12-13,15-16,18-19,21-22,24-25,27-28,30-31,33,45-47,51-52H,4-6,8,11,14,17,20,23,26,29,32,34-44H2,1-3H3,(H,50,53)/b10-7+,12-9+,16-13+,18-15+,22-19-,25-21-,27-24-,31-28-,33-30+. The lowest BCUT2D eigenvalue weighted by molar-refractivity contribution is -0.151. The molecule has 55 heavy (non-hydrogen) atoms. The van der Waals surface area contributed by atoms with Crippen molar-refractivity contribution in [1.29, 1.82) is 0 Å². The van der Waals surface area contributed by atoms with E-state index in [0.717, 1.165) is 51.4 Å². The summed E-state index contributed by atoms with van der Waals surface area (Å²) in [5.74, 6) is -0.647. The van der Waals surface area contributed by atoms with E-state index >= 15 is 0 Å². The molecule has 0 rings (SSSR count). The number of aliphatic hydroxyl groups excluding tert-OH is 2. The van der Waals surface area contributed by atoms with Gasteiger partial charge in [0.15, 0.2) is 0 Å². The van der Waals surface area contributed by atoms with E-state index < -0.39 is 18.2 Å². The number of carbonyl (C=O) groups is 2. The molecule has 0 aromatic carbocycles. The number of ether oxygens (including phenoxy) is 1. The van der Waals surface area contributed by atoms with Gasteiger partial charge in [-0.25, -0.2) is 0 Å². The van der Waals surface area contributed by atoms with Crippen LogP contribution in [0.4, 0.5) is 0 Å². The second kappa shape index (κ2) is 41.7. The number of allylic oxidation sites excluding steroid dienone is 18. The molecule has 3 atom stereocenters. The zero-order valence-electron chi connectivity index (χ0n) is 35.0. The molecule has 3 unspecified atom stereocenters. The number of esters is 1. The lowest BCUT2D eigenvalue weighted by atomic mass is 10.0. The quantitative estimate of drug-likeness (QED) is 0.0336. The van der Waals surface area contributed by atoms with Crippen molar-refractivity contribution in [3.63, 3.8) is 0 Å². The van der Waals surface area contributed by atoms with Crippen LogP contribution in [0.5, 0.6) is 0 Å². The van der Waals surface area contributed by atoms with Gasteiger partial charge >= 0.3 is 5.97 Å². The molecule has 3 N–H and O–H groups in total. The highest BCUT2D eigenvalue weighted by molar-refractivity contribution is 5.77. The summed E-state index contributed by atoms with van der Waals surface area (Å²) in [4.78, 5) is 25.9. The first-order valence-electron chi connectivity index (χ1n) is 21.7. The Balaban J connectivity index is 4.83. The van der Waals surface area contributed by atoms with Crippen LogP contribution < -0.4 is 5.32 Å². The van der Waals surface area contributed by atoms with Crippen LogP contribution in [0, 0.1) is 0 Å². The van der Waals surface area contributed by atoms with Gasteiger partial charge in [0.1, 0.15) is 6.10 Å². The van der Waals surface area contributed by atoms with Crippen LogP contribution in [0.1, 0.15) is 162 Å². The summed E-state index contributed by atoms with van der Waals surface area (Å²) in [7, 11) is 0. The monoisotopic (exact) mass is 762 g/mol. The van der Waals surface area contributed by atoms with Crippen molar-refractivity contribution in [3.8, 4) is 0 Å². The van der Waals surface area contributed by atoms with Gasteiger partial charge in [-0.2, -0.15) is 0 Å². The van der Waals surface area contributed by atoms with Crippen LogP contribution in [0.15, 0.2) is 109 Å². The molecule has 0 fully saturated rings. The van der Waals surface area contributed by atoms with Crippen LogP contribution >= 0.6 is 0 Å². The molecule has 0 radical (unpaired) electrons. The van der Waals surface area contributed by atoms with E-state index in [1.54, 1.807) is 0 Å². The minimum Gasteiger partial charge on any atom is -0.462 e. The number of rotatable bonds is 36. The summed E-state index contributed by atoms with van der Waals surface area (Å²) in [5.41, 5.74) is 0. The van der Waals surface area contributed by atoms with Crippen molar-refractivity contribution in [2.75, 3.05) is 6.61 Å². The molecule has 1 amide bonds. The molecule has 0 aromatic heterocycles. The number of unbranched alkanes of at least 4 members (excludes halogenated alkanes) is 13. The first-order chi connectivity index (χ1) is 27.0. The molecule has 310 valence electrons. The predicted molar refractivity (Wildman–Crippen MR) is 236 cm³/mol. The molecular weight excluding hydrogens is 683 g/mol. The molecular formula is C49H79NO5. The zero-order valence-corrected chi connectivity index (χ0v) is 35.0. The van der Waals surface area contributed by atoms with Crippen molar-refractivity contribution in [2.24, 2.45) is 0 Å². The molecule has 0 saturated heterocycles. The number of carbonyl (C=O) groups excluding carboxylic acids is 2. The van der Waals surface area contributed by atoms with E-state index in [0.29, 0.717) is 19.3 Å². The van der Waals surface area contributed by atoms with Gasteiger partial charge in [-0.15, -0.1) is 0 Å². The molecule has 6 nitrogen and oxygen atoms in total. The molecule has 0 saturated carbocycles. The highest BCUT2D eigenvalue weighted by Crippen LogP contribution is 2.16. The van der Waals surface area contributed by atoms with Gasteiger partial charge in [-0.1, -0.05) is 207 Å². The third-order valence-corrected chi connectivity index (χ3v) is 9.07. The van der Waals surface area contributed by atoms with Gasteiger partial charge in [-0.3, -0.25) is 9.59 Å². The van der Waals surface area contributed by atoms with Crippen LogP contribution in [-0.4, -0.2) is 46.9 Å². The maximum Gasteiger partial charge on any atom is 0.306 e. The van der Waals surface area contributed by atoms with Gasteiger partial charge in [0.05, 0.1) is 25.2 Å². The Hall–Kier alpha value is -3.48. The Morgan fingerprint density at radius 2 is 0.982 bits per heavy atom. The van der Waals surface area contributed by atoms with Crippen LogP contribution in [-0.2, 0) is 14.3 Å². The maximum atomic E-state index is 13.1. The van der Waals surface area contributed by atoms with Crippen LogP contribution in [0.2, 0.25) is 0 Å². The molecule has 0 aliphatic heterocycles. The highest BCUT2D eigenvalue weighted by atomic mass is 16.5. The normalized spacial score (nSPS) is 14.5. The molecule has 0 spiro atoms. The number of nitrogens with one attached hydrogen (secondary N) is 1. The molecule has 0 heterocycles. The SMILES string of the molecule is CC/C=C/C=C/C=C\C=C/C=C/CCCC(=O)OC(CCC\C=C/C=C\C=C\C=C\CC)CC(=O)NC(CO)C(O)CCCCCCCCCCCCCC. The first-order valence-corrected chi connectivity index (χ1v) is 21.7. The third kappa shape index (κ3) is 37.2. The summed E-state index contributed by atoms with van der Waals surface area (Å²) in [6, 6.07) is -0.742. The minimum atomic E-state index is -0.822. The van der Waals surface area contributed by atoms with Gasteiger partial charge in [0.25, 0.3) is 0 Å². The summed E-state index contributed by atoms with van der Waals surface area (Å²) < 4.78 is 5.81. The lowest BCUT2D eigenvalue weighted by Crippen LogP contribution is -2.46. The van der Waals surface area contributed by atoms with Gasteiger partial charge in [0.2, 0.25) is 5.91 Å². The van der Waals surface area contributed by atoms with Crippen molar-refractivity contribution < 1.29 is 24.5 Å². The fraction of sp³-hybridized carbons (Fsp3) is 0.592. The van der Waals surface area contributed by atoms with Crippen molar-refractivity contribution in [1.82, 2.24) is 5.32 Å². The summed E-state index contributed by atoms with van der Waals surface area (Å²) >= 11 is 0. The average Bonchev–Trinajstić information content (AvgIpc) is 3.18. The smallest absolute Gasteiger partial charge is 0.306 e. The number of amides is 1. The van der Waals surface area contributed by atoms with Crippen LogP contribution in [0.3, 0.4) is 0 Å². The molecule has 0 aromatic rings. The zero-order chi connectivity index (χ0) is 40.3. The van der Waals surface area contributed by atoms with E-state index in [9.17, 15) is 19.8 Å². The Bertz CT molecular complexity index is 1170. The Morgan fingerprint density at radius 1 is 0.545 bits per heavy atom. The van der Waals surface area contributed by atoms with Crippen molar-refractivity contribution in [3.05, 3.63) is 109 Å². The molecule has 0 bridgehead atoms. The van der Waals surface area contributed by atoms with Gasteiger partial charge < -0.3 is 20.3 Å². The second-order valence-electron chi connectivity index (χ2n) is 14.2. The minimum absolute atomic E-state index is 0.00442. The summed E-state index contributed by atoms with van der Waals surface area (Å²) in [6.45, 7) is 6.11. The second-order valence-corrected chi connectivity index (χ2v) is 14.2. The van der Waals surface area contributed by atoms with Gasteiger partial charge in [0, 0.05) is 6.42 Å².